The Balaban J connectivity index is 1.15. The van der Waals surface area contributed by atoms with E-state index in [1.165, 1.54) is 54.8 Å². The van der Waals surface area contributed by atoms with Crippen molar-refractivity contribution in [3.63, 3.8) is 0 Å². The van der Waals surface area contributed by atoms with Gasteiger partial charge >= 0.3 is 0 Å². The van der Waals surface area contributed by atoms with Crippen LogP contribution in [0.2, 0.25) is 10.0 Å². The second kappa shape index (κ2) is 12.3. The van der Waals surface area contributed by atoms with Crippen molar-refractivity contribution in [1.29, 1.82) is 0 Å². The number of amides is 1. The molecule has 2 fully saturated rings. The van der Waals surface area contributed by atoms with Crippen LogP contribution in [0.3, 0.4) is 0 Å². The number of benzene rings is 2. The lowest BCUT2D eigenvalue weighted by atomic mass is 9.84. The van der Waals surface area contributed by atoms with Crippen LogP contribution < -0.4 is 10.1 Å². The minimum atomic E-state index is -0.421. The van der Waals surface area contributed by atoms with Gasteiger partial charge < -0.3 is 10.1 Å². The van der Waals surface area contributed by atoms with E-state index in [2.05, 4.69) is 32.0 Å². The summed E-state index contributed by atoms with van der Waals surface area (Å²) >= 11 is 14.8. The van der Waals surface area contributed by atoms with Gasteiger partial charge in [0, 0.05) is 17.0 Å². The lowest BCUT2D eigenvalue weighted by Crippen LogP contribution is -2.25. The fourth-order valence-electron chi connectivity index (χ4n) is 6.10. The molecule has 7 nitrogen and oxygen atoms in total. The van der Waals surface area contributed by atoms with Crippen molar-refractivity contribution in [2.75, 3.05) is 11.1 Å². The highest BCUT2D eigenvalue weighted by molar-refractivity contribution is 7.99. The molecule has 0 spiro atoms. The predicted molar refractivity (Wildman–Crippen MR) is 161 cm³/mol. The highest BCUT2D eigenvalue weighted by atomic mass is 35.5. The molecule has 214 valence electrons. The van der Waals surface area contributed by atoms with Crippen LogP contribution in [0, 0.1) is 23.6 Å². The molecule has 2 aromatic heterocycles. The van der Waals surface area contributed by atoms with Gasteiger partial charge in [-0.3, -0.25) is 9.36 Å². The average Bonchev–Trinajstić information content (AvgIpc) is 3.77. The monoisotopic (exact) mass is 631 g/mol. The molecule has 2 saturated carbocycles. The number of halogens is 3. The second-order valence-electron chi connectivity index (χ2n) is 10.6. The van der Waals surface area contributed by atoms with E-state index in [1.54, 1.807) is 30.3 Å². The number of anilines is 1. The molecule has 1 N–H and O–H groups in total. The summed E-state index contributed by atoms with van der Waals surface area (Å²) in [4.78, 5) is 17.4. The van der Waals surface area contributed by atoms with E-state index in [1.807, 2.05) is 11.4 Å². The molecule has 1 amide bonds. The van der Waals surface area contributed by atoms with E-state index in [4.69, 9.17) is 27.9 Å². The molecular weight excluding hydrogens is 604 g/mol. The van der Waals surface area contributed by atoms with E-state index in [-0.39, 0.29) is 30.1 Å². The third kappa shape index (κ3) is 6.26. The zero-order chi connectivity index (χ0) is 28.5. The minimum Gasteiger partial charge on any atom is -0.483 e. The summed E-state index contributed by atoms with van der Waals surface area (Å²) < 4.78 is 22.1. The number of rotatable bonds is 10. The maximum atomic E-state index is 14.2. The average molecular weight is 633 g/mol. The van der Waals surface area contributed by atoms with Crippen molar-refractivity contribution in [2.24, 2.45) is 17.8 Å². The maximum Gasteiger partial charge on any atom is 0.236 e. The summed E-state index contributed by atoms with van der Waals surface area (Å²) in [6, 6.07) is 11.8. The Kier molecular flexibility index (Phi) is 8.53. The fraction of sp³-hybridized carbons (Fsp3) is 0.379. The number of para-hydroxylation sites is 1. The molecule has 6 rings (SSSR count). The SMILES string of the molecule is C[C@H]([C@H]1C[C@H]2CC[C@H]1C2)n1c(COc2ccccc2F)nnc1SCC(=O)Nc1nc(-c2ccc(Cl)c(Cl)c2)cs1. The van der Waals surface area contributed by atoms with Gasteiger partial charge in [0.15, 0.2) is 27.7 Å². The molecule has 41 heavy (non-hydrogen) atoms. The number of aromatic nitrogens is 4. The topological polar surface area (TPSA) is 81.9 Å². The number of carbonyl (C=O) groups excluding carboxylic acids is 1. The molecule has 0 saturated heterocycles. The number of thiazole rings is 1. The molecular formula is C29H28Cl2FN5O2S2. The van der Waals surface area contributed by atoms with Gasteiger partial charge in [0.1, 0.15) is 6.61 Å². The zero-order valence-electron chi connectivity index (χ0n) is 22.2. The molecule has 4 atom stereocenters. The molecule has 0 aliphatic heterocycles. The van der Waals surface area contributed by atoms with Gasteiger partial charge in [0.2, 0.25) is 5.91 Å². The Morgan fingerprint density at radius 3 is 2.80 bits per heavy atom. The summed E-state index contributed by atoms with van der Waals surface area (Å²) in [5, 5.41) is 15.6. The molecule has 0 unspecified atom stereocenters. The number of nitrogens with zero attached hydrogens (tertiary/aromatic N) is 4. The van der Waals surface area contributed by atoms with E-state index < -0.39 is 5.82 Å². The number of fused-ring (bicyclic) bond motifs is 2. The largest absolute Gasteiger partial charge is 0.483 e. The first kappa shape index (κ1) is 28.5. The van der Waals surface area contributed by atoms with Crippen LogP contribution in [0.15, 0.2) is 53.0 Å². The summed E-state index contributed by atoms with van der Waals surface area (Å²) in [6.07, 6.45) is 5.03. The van der Waals surface area contributed by atoms with E-state index >= 15 is 0 Å². The smallest absolute Gasteiger partial charge is 0.236 e. The molecule has 2 bridgehead atoms. The predicted octanol–water partition coefficient (Wildman–Crippen LogP) is 8.15. The van der Waals surface area contributed by atoms with Crippen molar-refractivity contribution in [3.8, 4) is 17.0 Å². The molecule has 2 aliphatic carbocycles. The van der Waals surface area contributed by atoms with Gasteiger partial charge in [-0.1, -0.05) is 59.6 Å². The van der Waals surface area contributed by atoms with Crippen molar-refractivity contribution >= 4 is 57.3 Å². The summed E-state index contributed by atoms with van der Waals surface area (Å²) in [7, 11) is 0. The maximum absolute atomic E-state index is 14.2. The fourth-order valence-corrected chi connectivity index (χ4v) is 7.97. The van der Waals surface area contributed by atoms with Gasteiger partial charge in [0.25, 0.3) is 0 Å². The zero-order valence-corrected chi connectivity index (χ0v) is 25.4. The lowest BCUT2D eigenvalue weighted by molar-refractivity contribution is -0.113. The van der Waals surface area contributed by atoms with Gasteiger partial charge in [-0.05, 0) is 68.2 Å². The van der Waals surface area contributed by atoms with E-state index in [9.17, 15) is 9.18 Å². The third-order valence-corrected chi connectivity index (χ3v) is 10.5. The van der Waals surface area contributed by atoms with Crippen LogP contribution in [-0.4, -0.2) is 31.4 Å². The van der Waals surface area contributed by atoms with Crippen LogP contribution in [0.5, 0.6) is 5.75 Å². The molecule has 4 aromatic rings. The third-order valence-electron chi connectivity index (χ3n) is 8.05. The van der Waals surface area contributed by atoms with Gasteiger partial charge in [-0.2, -0.15) is 0 Å². The summed E-state index contributed by atoms with van der Waals surface area (Å²) in [6.45, 7) is 2.29. The number of thioether (sulfide) groups is 1. The van der Waals surface area contributed by atoms with Gasteiger partial charge in [-0.15, -0.1) is 21.5 Å². The highest BCUT2D eigenvalue weighted by Gasteiger charge is 2.43. The number of nitrogens with one attached hydrogen (secondary N) is 1. The Bertz CT molecular complexity index is 1560. The molecule has 2 aromatic carbocycles. The summed E-state index contributed by atoms with van der Waals surface area (Å²) in [5.74, 6) is 2.30. The summed E-state index contributed by atoms with van der Waals surface area (Å²) in [5.41, 5.74) is 1.52. The molecule has 12 heteroatoms. The Morgan fingerprint density at radius 1 is 1.20 bits per heavy atom. The van der Waals surface area contributed by atoms with Crippen molar-refractivity contribution in [2.45, 2.75) is 50.4 Å². The van der Waals surface area contributed by atoms with Gasteiger partial charge in [-0.25, -0.2) is 9.37 Å². The van der Waals surface area contributed by atoms with Crippen LogP contribution in [0.25, 0.3) is 11.3 Å². The normalized spacial score (nSPS) is 20.3. The van der Waals surface area contributed by atoms with Crippen LogP contribution >= 0.6 is 46.3 Å². The first-order valence-corrected chi connectivity index (χ1v) is 16.1. The number of ether oxygens (including phenoxy) is 1. The van der Waals surface area contributed by atoms with Crippen molar-refractivity contribution < 1.29 is 13.9 Å². The Hall–Kier alpha value is -2.66. The Morgan fingerprint density at radius 2 is 2.05 bits per heavy atom. The quantitative estimate of drug-likeness (QED) is 0.178. The number of carbonyl (C=O) groups is 1. The molecule has 2 aliphatic rings. The first-order valence-electron chi connectivity index (χ1n) is 13.5. The lowest BCUT2D eigenvalue weighted by Gasteiger charge is -2.30. The molecule has 0 radical (unpaired) electrons. The van der Waals surface area contributed by atoms with Crippen LogP contribution in [0.4, 0.5) is 9.52 Å². The van der Waals surface area contributed by atoms with Crippen molar-refractivity contribution in [3.05, 3.63) is 69.5 Å². The number of hydrogen-bond donors (Lipinski definition) is 1. The standard InChI is InChI=1S/C29H28Cl2FN5O2S2/c1-16(20-11-17-6-7-18(20)10-17)37-26(13-39-25-5-3-2-4-23(25)32)35-36-29(37)41-15-27(38)34-28-33-24(14-40-28)19-8-9-21(30)22(31)12-19/h2-5,8-9,12,14,16-18,20H,6-7,10-11,13,15H2,1H3,(H,33,34,38)/t16-,17+,18+,20-/m1/s1. The van der Waals surface area contributed by atoms with E-state index in [0.29, 0.717) is 43.7 Å². The van der Waals surface area contributed by atoms with Crippen LogP contribution in [0.1, 0.15) is 44.5 Å². The number of hydrogen-bond acceptors (Lipinski definition) is 7. The minimum absolute atomic E-state index is 0.0858. The first-order chi connectivity index (χ1) is 19.9. The van der Waals surface area contributed by atoms with E-state index in [0.717, 1.165) is 11.5 Å². The van der Waals surface area contributed by atoms with Crippen LogP contribution in [-0.2, 0) is 11.4 Å². The Labute approximate surface area is 255 Å². The van der Waals surface area contributed by atoms with Crippen molar-refractivity contribution in [1.82, 2.24) is 19.7 Å². The molecule has 2 heterocycles. The second-order valence-corrected chi connectivity index (χ2v) is 13.2. The highest BCUT2D eigenvalue weighted by Crippen LogP contribution is 2.52. The van der Waals surface area contributed by atoms with Gasteiger partial charge in [0.05, 0.1) is 21.5 Å².